The molecule has 1 heterocycles. The maximum Gasteiger partial charge on any atom is 0.191 e. The van der Waals surface area contributed by atoms with Gasteiger partial charge < -0.3 is 24.5 Å². The molecule has 29 heavy (non-hydrogen) atoms. The number of rotatable bonds is 7. The number of guanidine groups is 1. The number of aryl methyl sites for hydroxylation is 1. The van der Waals surface area contributed by atoms with Crippen molar-refractivity contribution in [1.29, 1.82) is 0 Å². The van der Waals surface area contributed by atoms with E-state index in [-0.39, 0.29) is 24.0 Å². The largest absolute Gasteiger partial charge is 0.493 e. The van der Waals surface area contributed by atoms with E-state index in [9.17, 15) is 0 Å². The van der Waals surface area contributed by atoms with Crippen LogP contribution in [0.2, 0.25) is 0 Å². The van der Waals surface area contributed by atoms with Crippen LogP contribution in [-0.2, 0) is 13.1 Å². The van der Waals surface area contributed by atoms with Crippen LogP contribution in [-0.4, -0.2) is 26.7 Å². The molecule has 3 rings (SSSR count). The van der Waals surface area contributed by atoms with Crippen LogP contribution in [0.25, 0.3) is 11.0 Å². The summed E-state index contributed by atoms with van der Waals surface area (Å²) in [5.41, 5.74) is 3.01. The lowest BCUT2D eigenvalue weighted by atomic mass is 10.1. The van der Waals surface area contributed by atoms with Crippen molar-refractivity contribution in [2.45, 2.75) is 26.9 Å². The third-order valence-corrected chi connectivity index (χ3v) is 4.60. The number of fused-ring (bicyclic) bond motifs is 1. The summed E-state index contributed by atoms with van der Waals surface area (Å²) in [6, 6.07) is 13.9. The smallest absolute Gasteiger partial charge is 0.191 e. The van der Waals surface area contributed by atoms with Crippen molar-refractivity contribution in [2.75, 3.05) is 20.8 Å². The fourth-order valence-electron chi connectivity index (χ4n) is 3.14. The Labute approximate surface area is 188 Å². The van der Waals surface area contributed by atoms with Gasteiger partial charge in [-0.2, -0.15) is 0 Å². The van der Waals surface area contributed by atoms with E-state index in [1.807, 2.05) is 43.3 Å². The Kier molecular flexibility index (Phi) is 8.63. The maximum absolute atomic E-state index is 5.98. The lowest BCUT2D eigenvalue weighted by molar-refractivity contribution is 0.352. The van der Waals surface area contributed by atoms with Gasteiger partial charge in [-0.15, -0.1) is 24.0 Å². The number of hydrogen-bond donors (Lipinski definition) is 2. The van der Waals surface area contributed by atoms with Gasteiger partial charge in [-0.3, -0.25) is 0 Å². The first-order chi connectivity index (χ1) is 13.7. The molecule has 7 heteroatoms. The van der Waals surface area contributed by atoms with Crippen molar-refractivity contribution in [3.63, 3.8) is 0 Å². The van der Waals surface area contributed by atoms with Crippen LogP contribution in [0.4, 0.5) is 0 Å². The normalized spacial score (nSPS) is 11.1. The predicted octanol–water partition coefficient (Wildman–Crippen LogP) is 4.63. The number of nitrogens with zero attached hydrogens (tertiary/aromatic N) is 1. The summed E-state index contributed by atoms with van der Waals surface area (Å²) in [6.07, 6.45) is 0. The average molecular weight is 509 g/mol. The van der Waals surface area contributed by atoms with E-state index in [0.29, 0.717) is 30.5 Å². The number of halogens is 1. The summed E-state index contributed by atoms with van der Waals surface area (Å²) in [5.74, 6) is 3.03. The van der Waals surface area contributed by atoms with Gasteiger partial charge in [0, 0.05) is 23.1 Å². The quantitative estimate of drug-likeness (QED) is 0.276. The zero-order valence-corrected chi connectivity index (χ0v) is 19.6. The van der Waals surface area contributed by atoms with E-state index in [1.54, 1.807) is 14.2 Å². The maximum atomic E-state index is 5.98. The highest BCUT2D eigenvalue weighted by Gasteiger charge is 2.11. The molecule has 2 aromatic carbocycles. The van der Waals surface area contributed by atoms with E-state index in [0.717, 1.165) is 34.4 Å². The lowest BCUT2D eigenvalue weighted by Crippen LogP contribution is -2.36. The van der Waals surface area contributed by atoms with Gasteiger partial charge in [-0.1, -0.05) is 30.3 Å². The Morgan fingerprint density at radius 3 is 2.52 bits per heavy atom. The van der Waals surface area contributed by atoms with Crippen molar-refractivity contribution in [1.82, 2.24) is 10.6 Å². The first kappa shape index (κ1) is 22.9. The van der Waals surface area contributed by atoms with Gasteiger partial charge in [-0.25, -0.2) is 4.99 Å². The first-order valence-corrected chi connectivity index (χ1v) is 9.37. The second-order valence-corrected chi connectivity index (χ2v) is 6.35. The van der Waals surface area contributed by atoms with Crippen molar-refractivity contribution < 1.29 is 13.9 Å². The second-order valence-electron chi connectivity index (χ2n) is 6.35. The molecule has 0 atom stereocenters. The number of nitrogens with one attached hydrogen (secondary N) is 2. The van der Waals surface area contributed by atoms with E-state index < -0.39 is 0 Å². The van der Waals surface area contributed by atoms with Crippen LogP contribution >= 0.6 is 24.0 Å². The van der Waals surface area contributed by atoms with Crippen LogP contribution in [0.3, 0.4) is 0 Å². The van der Waals surface area contributed by atoms with Crippen molar-refractivity contribution in [2.24, 2.45) is 4.99 Å². The minimum absolute atomic E-state index is 0. The number of para-hydroxylation sites is 2. The molecule has 156 valence electrons. The molecule has 0 saturated heterocycles. The van der Waals surface area contributed by atoms with Gasteiger partial charge in [0.15, 0.2) is 17.5 Å². The van der Waals surface area contributed by atoms with E-state index >= 15 is 0 Å². The van der Waals surface area contributed by atoms with Gasteiger partial charge in [0.25, 0.3) is 0 Å². The Balaban J connectivity index is 0.00000300. The zero-order valence-electron chi connectivity index (χ0n) is 17.2. The highest BCUT2D eigenvalue weighted by atomic mass is 127. The predicted molar refractivity (Wildman–Crippen MR) is 128 cm³/mol. The van der Waals surface area contributed by atoms with Gasteiger partial charge >= 0.3 is 0 Å². The molecule has 0 bridgehead atoms. The number of methoxy groups -OCH3 is 2. The Bertz CT molecular complexity index is 969. The molecule has 0 spiro atoms. The Hall–Kier alpha value is -2.42. The monoisotopic (exact) mass is 509 g/mol. The number of benzene rings is 2. The first-order valence-electron chi connectivity index (χ1n) is 9.37. The van der Waals surface area contributed by atoms with Crippen LogP contribution in [0.5, 0.6) is 11.5 Å². The standard InChI is InChI=1S/C22H27N3O3.HI/c1-5-23-22(24-13-16-9-8-12-19(26-3)21(16)27-4)25-14-20-15(2)17-10-6-7-11-18(17)28-20;/h6-12H,5,13-14H2,1-4H3,(H2,23,24,25);1H. The molecule has 6 nitrogen and oxygen atoms in total. The van der Waals surface area contributed by atoms with Crippen molar-refractivity contribution in [3.05, 3.63) is 59.4 Å². The third kappa shape index (κ3) is 5.35. The average Bonchev–Trinajstić information content (AvgIpc) is 3.05. The van der Waals surface area contributed by atoms with E-state index in [1.165, 1.54) is 0 Å². The lowest BCUT2D eigenvalue weighted by Gasteiger charge is -2.13. The SMILES string of the molecule is CCNC(=NCc1cccc(OC)c1OC)NCc1oc2ccccc2c1C.I. The summed E-state index contributed by atoms with van der Waals surface area (Å²) < 4.78 is 16.8. The summed E-state index contributed by atoms with van der Waals surface area (Å²) >= 11 is 0. The number of hydrogen-bond acceptors (Lipinski definition) is 4. The Morgan fingerprint density at radius 1 is 1.03 bits per heavy atom. The minimum Gasteiger partial charge on any atom is -0.493 e. The second kappa shape index (κ2) is 10.9. The molecular formula is C22H28IN3O3. The molecule has 0 amide bonds. The zero-order chi connectivity index (χ0) is 19.9. The summed E-state index contributed by atoms with van der Waals surface area (Å²) in [5, 5.41) is 7.76. The third-order valence-electron chi connectivity index (χ3n) is 4.60. The molecule has 0 radical (unpaired) electrons. The molecule has 0 fully saturated rings. The van der Waals surface area contributed by atoms with Crippen molar-refractivity contribution >= 4 is 40.9 Å². The Morgan fingerprint density at radius 2 is 1.83 bits per heavy atom. The summed E-state index contributed by atoms with van der Waals surface area (Å²) in [7, 11) is 3.27. The molecule has 3 aromatic rings. The minimum atomic E-state index is 0. The summed E-state index contributed by atoms with van der Waals surface area (Å²) in [4.78, 5) is 4.68. The highest BCUT2D eigenvalue weighted by Crippen LogP contribution is 2.31. The number of furan rings is 1. The molecule has 1 aromatic heterocycles. The molecular weight excluding hydrogens is 481 g/mol. The molecule has 0 saturated carbocycles. The highest BCUT2D eigenvalue weighted by molar-refractivity contribution is 14.0. The number of aliphatic imine (C=N–C) groups is 1. The van der Waals surface area contributed by atoms with Gasteiger partial charge in [0.2, 0.25) is 0 Å². The number of ether oxygens (including phenoxy) is 2. The van der Waals surface area contributed by atoms with E-state index in [4.69, 9.17) is 13.9 Å². The van der Waals surface area contributed by atoms with Crippen LogP contribution < -0.4 is 20.1 Å². The fraction of sp³-hybridized carbons (Fsp3) is 0.318. The van der Waals surface area contributed by atoms with Crippen LogP contribution in [0.1, 0.15) is 23.8 Å². The molecule has 0 aliphatic heterocycles. The molecule has 2 N–H and O–H groups in total. The van der Waals surface area contributed by atoms with Gasteiger partial charge in [-0.05, 0) is 26.0 Å². The molecule has 0 unspecified atom stereocenters. The van der Waals surface area contributed by atoms with Crippen LogP contribution in [0.15, 0.2) is 51.9 Å². The molecule has 0 aliphatic rings. The molecule has 0 aliphatic carbocycles. The van der Waals surface area contributed by atoms with Crippen molar-refractivity contribution in [3.8, 4) is 11.5 Å². The van der Waals surface area contributed by atoms with Gasteiger partial charge in [0.05, 0.1) is 27.3 Å². The van der Waals surface area contributed by atoms with Gasteiger partial charge in [0.1, 0.15) is 11.3 Å². The van der Waals surface area contributed by atoms with E-state index in [2.05, 4.69) is 28.6 Å². The fourth-order valence-corrected chi connectivity index (χ4v) is 3.14. The topological polar surface area (TPSA) is 68.0 Å². The summed E-state index contributed by atoms with van der Waals surface area (Å²) in [6.45, 7) is 5.90. The van der Waals surface area contributed by atoms with Crippen LogP contribution in [0, 0.1) is 6.92 Å².